The second-order valence-corrected chi connectivity index (χ2v) is 8.66. The van der Waals surface area contributed by atoms with Crippen molar-refractivity contribution in [2.75, 3.05) is 14.2 Å². The maximum absolute atomic E-state index is 12.4. The number of rotatable bonds is 5. The Labute approximate surface area is 156 Å². The molecular formula is C21H32O5. The first-order valence-corrected chi connectivity index (χ1v) is 8.85. The molecule has 0 fully saturated rings. The van der Waals surface area contributed by atoms with Crippen molar-refractivity contribution in [1.82, 2.24) is 0 Å². The monoisotopic (exact) mass is 364 g/mol. The average Bonchev–Trinajstić information content (AvgIpc) is 2.53. The minimum Gasteiger partial charge on any atom is -0.507 e. The molecule has 1 aromatic rings. The van der Waals surface area contributed by atoms with Crippen molar-refractivity contribution in [2.45, 2.75) is 71.1 Å². The summed E-state index contributed by atoms with van der Waals surface area (Å²) >= 11 is 0. The SMILES string of the molecule is COC(=O)CCC(C(=O)OC)c1cc(C(C)(C)C)c(O)c(C(C)(C)C)c1. The van der Waals surface area contributed by atoms with E-state index in [1.165, 1.54) is 14.2 Å². The second kappa shape index (κ2) is 8.11. The number of phenolic OH excluding ortho intramolecular Hbond substituents is 1. The smallest absolute Gasteiger partial charge is 0.313 e. The minimum absolute atomic E-state index is 0.118. The van der Waals surface area contributed by atoms with Crippen LogP contribution in [0, 0.1) is 0 Å². The van der Waals surface area contributed by atoms with E-state index in [-0.39, 0.29) is 35.4 Å². The summed E-state index contributed by atoms with van der Waals surface area (Å²) in [5, 5.41) is 10.8. The number of ether oxygens (including phenoxy) is 2. The molecule has 0 amide bonds. The van der Waals surface area contributed by atoms with Crippen LogP contribution in [0.5, 0.6) is 5.75 Å². The fourth-order valence-electron chi connectivity index (χ4n) is 2.93. The van der Waals surface area contributed by atoms with Gasteiger partial charge in [0.2, 0.25) is 0 Å². The van der Waals surface area contributed by atoms with Crippen molar-refractivity contribution in [3.63, 3.8) is 0 Å². The van der Waals surface area contributed by atoms with Gasteiger partial charge >= 0.3 is 11.9 Å². The molecule has 0 aliphatic heterocycles. The number of esters is 2. The summed E-state index contributed by atoms with van der Waals surface area (Å²) in [6, 6.07) is 3.70. The lowest BCUT2D eigenvalue weighted by Crippen LogP contribution is -2.21. The lowest BCUT2D eigenvalue weighted by Gasteiger charge is -2.29. The van der Waals surface area contributed by atoms with Gasteiger partial charge in [0.05, 0.1) is 20.1 Å². The molecular weight excluding hydrogens is 332 g/mol. The highest BCUT2D eigenvalue weighted by Gasteiger charge is 2.30. The molecule has 0 spiro atoms. The molecule has 26 heavy (non-hydrogen) atoms. The van der Waals surface area contributed by atoms with Crippen LogP contribution in [0.1, 0.15) is 77.0 Å². The van der Waals surface area contributed by atoms with Crippen molar-refractivity contribution in [2.24, 2.45) is 0 Å². The Morgan fingerprint density at radius 3 is 1.77 bits per heavy atom. The Morgan fingerprint density at radius 2 is 1.42 bits per heavy atom. The number of carbonyl (C=O) groups excluding carboxylic acids is 2. The summed E-state index contributed by atoms with van der Waals surface area (Å²) in [7, 11) is 2.66. The Hall–Kier alpha value is -2.04. The van der Waals surface area contributed by atoms with Crippen molar-refractivity contribution < 1.29 is 24.2 Å². The lowest BCUT2D eigenvalue weighted by molar-refractivity contribution is -0.143. The standard InChI is InChI=1S/C21H32O5/c1-20(2,3)15-11-13(12-16(18(15)23)21(4,5)6)14(19(24)26-8)9-10-17(22)25-7/h11-12,14,23H,9-10H2,1-8H3. The highest BCUT2D eigenvalue weighted by atomic mass is 16.5. The number of carbonyl (C=O) groups is 2. The summed E-state index contributed by atoms with van der Waals surface area (Å²) in [4.78, 5) is 23.9. The molecule has 0 heterocycles. The van der Waals surface area contributed by atoms with Gasteiger partial charge < -0.3 is 14.6 Å². The van der Waals surface area contributed by atoms with Crippen molar-refractivity contribution >= 4 is 11.9 Å². The first-order valence-electron chi connectivity index (χ1n) is 8.85. The molecule has 1 aromatic carbocycles. The lowest BCUT2D eigenvalue weighted by atomic mass is 9.76. The van der Waals surface area contributed by atoms with Crippen LogP contribution in [0.2, 0.25) is 0 Å². The van der Waals surface area contributed by atoms with Crippen LogP contribution in [0.4, 0.5) is 0 Å². The topological polar surface area (TPSA) is 72.8 Å². The van der Waals surface area contributed by atoms with E-state index in [4.69, 9.17) is 9.47 Å². The molecule has 1 atom stereocenters. The third kappa shape index (κ3) is 5.23. The van der Waals surface area contributed by atoms with Gasteiger partial charge in [-0.1, -0.05) is 53.7 Å². The van der Waals surface area contributed by atoms with E-state index in [1.807, 2.05) is 53.7 Å². The fraction of sp³-hybridized carbons (Fsp3) is 0.619. The summed E-state index contributed by atoms with van der Waals surface area (Å²) in [6.45, 7) is 12.1. The van der Waals surface area contributed by atoms with Gasteiger partial charge in [-0.05, 0) is 33.9 Å². The van der Waals surface area contributed by atoms with E-state index in [9.17, 15) is 14.7 Å². The predicted octanol–water partition coefficient (Wildman–Crippen LogP) is 4.20. The molecule has 1 unspecified atom stereocenters. The maximum atomic E-state index is 12.4. The molecule has 5 nitrogen and oxygen atoms in total. The highest BCUT2D eigenvalue weighted by molar-refractivity contribution is 5.79. The van der Waals surface area contributed by atoms with Crippen LogP contribution in [0.25, 0.3) is 0 Å². The molecule has 0 radical (unpaired) electrons. The van der Waals surface area contributed by atoms with Gasteiger partial charge in [0, 0.05) is 6.42 Å². The molecule has 0 bridgehead atoms. The number of benzene rings is 1. The zero-order chi connectivity index (χ0) is 20.3. The molecule has 1 N–H and O–H groups in total. The Kier molecular flexibility index (Phi) is 6.86. The Morgan fingerprint density at radius 1 is 0.962 bits per heavy atom. The predicted molar refractivity (Wildman–Crippen MR) is 102 cm³/mol. The Bertz CT molecular complexity index is 627. The van der Waals surface area contributed by atoms with Crippen molar-refractivity contribution in [1.29, 1.82) is 0 Å². The number of hydrogen-bond acceptors (Lipinski definition) is 5. The first-order chi connectivity index (χ1) is 11.8. The van der Waals surface area contributed by atoms with Crippen LogP contribution in [0.3, 0.4) is 0 Å². The fourth-order valence-corrected chi connectivity index (χ4v) is 2.93. The largest absolute Gasteiger partial charge is 0.507 e. The zero-order valence-electron chi connectivity index (χ0n) is 17.2. The van der Waals surface area contributed by atoms with Gasteiger partial charge in [-0.25, -0.2) is 0 Å². The van der Waals surface area contributed by atoms with Crippen molar-refractivity contribution in [3.8, 4) is 5.75 Å². The molecule has 1 rings (SSSR count). The molecule has 5 heteroatoms. The van der Waals surface area contributed by atoms with Gasteiger partial charge in [0.15, 0.2) is 0 Å². The van der Waals surface area contributed by atoms with Crippen LogP contribution >= 0.6 is 0 Å². The molecule has 146 valence electrons. The van der Waals surface area contributed by atoms with Gasteiger partial charge in [0.1, 0.15) is 5.75 Å². The summed E-state index contributed by atoms with van der Waals surface area (Å²) in [5.41, 5.74) is 1.68. The van der Waals surface area contributed by atoms with Crippen LogP contribution in [-0.4, -0.2) is 31.3 Å². The van der Waals surface area contributed by atoms with Gasteiger partial charge in [-0.3, -0.25) is 9.59 Å². The van der Waals surface area contributed by atoms with E-state index >= 15 is 0 Å². The van der Waals surface area contributed by atoms with Crippen molar-refractivity contribution in [3.05, 3.63) is 28.8 Å². The summed E-state index contributed by atoms with van der Waals surface area (Å²) in [6.07, 6.45) is 0.407. The van der Waals surface area contributed by atoms with E-state index < -0.39 is 11.9 Å². The normalized spacial score (nSPS) is 13.2. The first kappa shape index (κ1) is 22.0. The third-order valence-corrected chi connectivity index (χ3v) is 4.50. The molecule has 0 saturated heterocycles. The average molecular weight is 364 g/mol. The zero-order valence-corrected chi connectivity index (χ0v) is 17.2. The number of hydrogen-bond donors (Lipinski definition) is 1. The molecule has 0 saturated carbocycles. The van der Waals surface area contributed by atoms with E-state index in [2.05, 4.69) is 0 Å². The minimum atomic E-state index is -0.595. The number of methoxy groups -OCH3 is 2. The second-order valence-electron chi connectivity index (χ2n) is 8.66. The summed E-state index contributed by atoms with van der Waals surface area (Å²) in [5.74, 6) is -1.11. The van der Waals surface area contributed by atoms with E-state index in [0.717, 1.165) is 16.7 Å². The summed E-state index contributed by atoms with van der Waals surface area (Å²) < 4.78 is 9.65. The van der Waals surface area contributed by atoms with Gasteiger partial charge in [0.25, 0.3) is 0 Å². The molecule has 0 aromatic heterocycles. The van der Waals surface area contributed by atoms with Gasteiger partial charge in [-0.15, -0.1) is 0 Å². The van der Waals surface area contributed by atoms with Crippen LogP contribution < -0.4 is 0 Å². The number of phenols is 1. The molecule has 0 aliphatic rings. The van der Waals surface area contributed by atoms with E-state index in [0.29, 0.717) is 0 Å². The van der Waals surface area contributed by atoms with E-state index in [1.54, 1.807) is 0 Å². The van der Waals surface area contributed by atoms with Crippen LogP contribution in [0.15, 0.2) is 12.1 Å². The number of aromatic hydroxyl groups is 1. The quantitative estimate of drug-likeness (QED) is 0.793. The maximum Gasteiger partial charge on any atom is 0.313 e. The highest BCUT2D eigenvalue weighted by Crippen LogP contribution is 2.41. The molecule has 0 aliphatic carbocycles. The Balaban J connectivity index is 3.55. The van der Waals surface area contributed by atoms with Crippen LogP contribution in [-0.2, 0) is 29.9 Å². The van der Waals surface area contributed by atoms with Gasteiger partial charge in [-0.2, -0.15) is 0 Å². The third-order valence-electron chi connectivity index (χ3n) is 4.50.